The Balaban J connectivity index is 3.07. The molecule has 1 heterocycles. The van der Waals surface area contributed by atoms with Crippen molar-refractivity contribution in [2.75, 3.05) is 18.0 Å². The molecule has 1 N–H and O–H groups in total. The smallest absolute Gasteiger partial charge is 0.358 e. The van der Waals surface area contributed by atoms with Crippen LogP contribution in [0.2, 0.25) is 0 Å². The second-order valence-corrected chi connectivity index (χ2v) is 5.23. The van der Waals surface area contributed by atoms with Gasteiger partial charge in [-0.1, -0.05) is 27.7 Å². The number of carboxylic acid groups (broad SMARTS) is 1. The molecule has 0 aliphatic carbocycles. The molecule has 0 atom stereocenters. The Morgan fingerprint density at radius 3 is 2.11 bits per heavy atom. The van der Waals surface area contributed by atoms with Gasteiger partial charge in [0.2, 0.25) is 0 Å². The van der Waals surface area contributed by atoms with E-state index in [1.165, 1.54) is 12.4 Å². The van der Waals surface area contributed by atoms with Crippen molar-refractivity contribution in [1.29, 1.82) is 0 Å². The first-order chi connectivity index (χ1) is 8.41. The predicted octanol–water partition coefficient (Wildman–Crippen LogP) is 2.29. The van der Waals surface area contributed by atoms with E-state index in [-0.39, 0.29) is 5.69 Å². The number of hydrogen-bond acceptors (Lipinski definition) is 4. The Bertz CT molecular complexity index is 395. The van der Waals surface area contributed by atoms with Crippen molar-refractivity contribution in [3.05, 3.63) is 18.1 Å². The summed E-state index contributed by atoms with van der Waals surface area (Å²) < 4.78 is 0. The molecule has 0 saturated heterocycles. The lowest BCUT2D eigenvalue weighted by Crippen LogP contribution is -2.33. The Hall–Kier alpha value is -1.65. The molecule has 0 unspecified atom stereocenters. The normalized spacial score (nSPS) is 11.0. The largest absolute Gasteiger partial charge is 0.476 e. The zero-order valence-corrected chi connectivity index (χ0v) is 11.4. The highest BCUT2D eigenvalue weighted by Gasteiger charge is 2.20. The molecular weight excluding hydrogens is 230 g/mol. The number of aromatic nitrogens is 2. The van der Waals surface area contributed by atoms with E-state index in [1.54, 1.807) is 0 Å². The number of anilines is 1. The van der Waals surface area contributed by atoms with Gasteiger partial charge < -0.3 is 10.0 Å². The molecule has 5 nitrogen and oxygen atoms in total. The predicted molar refractivity (Wildman–Crippen MR) is 70.9 cm³/mol. The molecule has 0 aliphatic heterocycles. The van der Waals surface area contributed by atoms with E-state index in [1.807, 2.05) is 4.90 Å². The minimum atomic E-state index is -1.03. The lowest BCUT2D eigenvalue weighted by molar-refractivity contribution is 0.0690. The first kappa shape index (κ1) is 14.4. The number of carbonyl (C=O) groups is 1. The molecule has 1 rings (SSSR count). The minimum absolute atomic E-state index is 0.0267. The monoisotopic (exact) mass is 251 g/mol. The van der Waals surface area contributed by atoms with Crippen molar-refractivity contribution in [1.82, 2.24) is 9.97 Å². The van der Waals surface area contributed by atoms with Gasteiger partial charge in [0.15, 0.2) is 11.5 Å². The molecule has 0 fully saturated rings. The lowest BCUT2D eigenvalue weighted by atomic mass is 10.1. The van der Waals surface area contributed by atoms with Crippen molar-refractivity contribution >= 4 is 11.8 Å². The summed E-state index contributed by atoms with van der Waals surface area (Å²) in [6, 6.07) is 0. The number of aromatic carboxylic acids is 1. The fourth-order valence-corrected chi connectivity index (χ4v) is 1.84. The topological polar surface area (TPSA) is 66.3 Å². The molecule has 0 aromatic carbocycles. The second kappa shape index (κ2) is 6.33. The van der Waals surface area contributed by atoms with Crippen LogP contribution in [0.25, 0.3) is 0 Å². The van der Waals surface area contributed by atoms with Crippen LogP contribution in [0.5, 0.6) is 0 Å². The number of rotatable bonds is 6. The third kappa shape index (κ3) is 3.98. The van der Waals surface area contributed by atoms with Crippen LogP contribution in [0.3, 0.4) is 0 Å². The van der Waals surface area contributed by atoms with Crippen molar-refractivity contribution in [3.63, 3.8) is 0 Å². The third-order valence-corrected chi connectivity index (χ3v) is 2.35. The van der Waals surface area contributed by atoms with Gasteiger partial charge in [-0.25, -0.2) is 14.8 Å². The molecule has 0 bridgehead atoms. The summed E-state index contributed by atoms with van der Waals surface area (Å²) in [7, 11) is 0. The summed E-state index contributed by atoms with van der Waals surface area (Å²) in [4.78, 5) is 21.3. The molecule has 0 saturated carbocycles. The van der Waals surface area contributed by atoms with Gasteiger partial charge >= 0.3 is 5.97 Å². The second-order valence-electron chi connectivity index (χ2n) is 5.23. The van der Waals surface area contributed by atoms with Crippen molar-refractivity contribution in [2.45, 2.75) is 27.7 Å². The van der Waals surface area contributed by atoms with Crippen LogP contribution in [0.1, 0.15) is 38.2 Å². The van der Waals surface area contributed by atoms with Crippen LogP contribution in [0.15, 0.2) is 12.4 Å². The standard InChI is InChI=1S/C13H21N3O2/c1-9(2)7-16(8-10(3)4)12-11(13(17)18)14-5-6-15-12/h5-6,9-10H,7-8H2,1-4H3,(H,17,18). The third-order valence-electron chi connectivity index (χ3n) is 2.35. The van der Waals surface area contributed by atoms with E-state index in [2.05, 4.69) is 37.7 Å². The molecule has 0 amide bonds. The summed E-state index contributed by atoms with van der Waals surface area (Å²) in [5, 5.41) is 9.15. The van der Waals surface area contributed by atoms with Crippen LogP contribution in [-0.4, -0.2) is 34.1 Å². The van der Waals surface area contributed by atoms with Crippen LogP contribution >= 0.6 is 0 Å². The van der Waals surface area contributed by atoms with Crippen LogP contribution < -0.4 is 4.90 Å². The van der Waals surface area contributed by atoms with Gasteiger partial charge in [0.25, 0.3) is 0 Å². The van der Waals surface area contributed by atoms with Gasteiger partial charge in [-0.05, 0) is 11.8 Å². The molecule has 5 heteroatoms. The van der Waals surface area contributed by atoms with Crippen molar-refractivity contribution in [3.8, 4) is 0 Å². The number of hydrogen-bond donors (Lipinski definition) is 1. The number of nitrogens with zero attached hydrogens (tertiary/aromatic N) is 3. The average Bonchev–Trinajstić information content (AvgIpc) is 2.26. The fourth-order valence-electron chi connectivity index (χ4n) is 1.84. The van der Waals surface area contributed by atoms with Gasteiger partial charge in [-0.3, -0.25) is 0 Å². The average molecular weight is 251 g/mol. The van der Waals surface area contributed by atoms with E-state index in [9.17, 15) is 4.79 Å². The van der Waals surface area contributed by atoms with Gasteiger partial charge in [-0.15, -0.1) is 0 Å². The maximum absolute atomic E-state index is 11.2. The summed E-state index contributed by atoms with van der Waals surface area (Å²) in [6.07, 6.45) is 2.95. The zero-order valence-electron chi connectivity index (χ0n) is 11.4. The van der Waals surface area contributed by atoms with Crippen molar-refractivity contribution < 1.29 is 9.90 Å². The summed E-state index contributed by atoms with van der Waals surface area (Å²) >= 11 is 0. The van der Waals surface area contributed by atoms with E-state index in [0.29, 0.717) is 17.7 Å². The Morgan fingerprint density at radius 2 is 1.67 bits per heavy atom. The van der Waals surface area contributed by atoms with Crippen LogP contribution in [-0.2, 0) is 0 Å². The quantitative estimate of drug-likeness (QED) is 0.840. The van der Waals surface area contributed by atoms with Gasteiger partial charge in [0.05, 0.1) is 0 Å². The SMILES string of the molecule is CC(C)CN(CC(C)C)c1nccnc1C(=O)O. The van der Waals surface area contributed by atoms with Gasteiger partial charge in [-0.2, -0.15) is 0 Å². The fraction of sp³-hybridized carbons (Fsp3) is 0.615. The summed E-state index contributed by atoms with van der Waals surface area (Å²) in [5.41, 5.74) is 0.0267. The Labute approximate surface area is 108 Å². The zero-order chi connectivity index (χ0) is 13.7. The first-order valence-electron chi connectivity index (χ1n) is 6.21. The lowest BCUT2D eigenvalue weighted by Gasteiger charge is -2.27. The minimum Gasteiger partial charge on any atom is -0.476 e. The highest BCUT2D eigenvalue weighted by atomic mass is 16.4. The molecule has 0 radical (unpaired) electrons. The maximum Gasteiger partial charge on any atom is 0.358 e. The van der Waals surface area contributed by atoms with Gasteiger partial charge in [0.1, 0.15) is 0 Å². The van der Waals surface area contributed by atoms with Crippen molar-refractivity contribution in [2.24, 2.45) is 11.8 Å². The van der Waals surface area contributed by atoms with E-state index in [4.69, 9.17) is 5.11 Å². The van der Waals surface area contributed by atoms with Gasteiger partial charge in [0, 0.05) is 25.5 Å². The van der Waals surface area contributed by atoms with Crippen LogP contribution in [0.4, 0.5) is 5.82 Å². The molecular formula is C13H21N3O2. The van der Waals surface area contributed by atoms with E-state index < -0.39 is 5.97 Å². The molecule has 1 aromatic rings. The maximum atomic E-state index is 11.2. The molecule has 100 valence electrons. The Kier molecular flexibility index (Phi) is 5.07. The van der Waals surface area contributed by atoms with E-state index >= 15 is 0 Å². The molecule has 0 spiro atoms. The van der Waals surface area contributed by atoms with E-state index in [0.717, 1.165) is 13.1 Å². The molecule has 18 heavy (non-hydrogen) atoms. The summed E-state index contributed by atoms with van der Waals surface area (Å²) in [6.45, 7) is 9.96. The molecule has 1 aromatic heterocycles. The first-order valence-corrected chi connectivity index (χ1v) is 6.21. The Morgan fingerprint density at radius 1 is 1.17 bits per heavy atom. The highest BCUT2D eigenvalue weighted by molar-refractivity contribution is 5.90. The molecule has 0 aliphatic rings. The highest BCUT2D eigenvalue weighted by Crippen LogP contribution is 2.18. The number of carboxylic acids is 1. The summed E-state index contributed by atoms with van der Waals surface area (Å²) in [5.74, 6) is 0.308. The van der Waals surface area contributed by atoms with Crippen LogP contribution in [0, 0.1) is 11.8 Å².